The van der Waals surface area contributed by atoms with Crippen molar-refractivity contribution in [3.05, 3.63) is 82.6 Å². The van der Waals surface area contributed by atoms with Crippen LogP contribution < -0.4 is 0 Å². The molecule has 0 aliphatic carbocycles. The van der Waals surface area contributed by atoms with E-state index in [0.29, 0.717) is 17.6 Å². The average molecular weight is 338 g/mol. The third-order valence-corrected chi connectivity index (χ3v) is 3.70. The van der Waals surface area contributed by atoms with Crippen LogP contribution in [-0.2, 0) is 20.7 Å². The molecule has 0 unspecified atom stereocenters. The molecule has 0 N–H and O–H groups in total. The van der Waals surface area contributed by atoms with Crippen molar-refractivity contribution in [1.29, 1.82) is 0 Å². The lowest BCUT2D eigenvalue weighted by Gasteiger charge is -2.12. The van der Waals surface area contributed by atoms with Crippen molar-refractivity contribution in [1.82, 2.24) is 0 Å². The topological polar surface area (TPSA) is 52.6 Å². The molecular weight excluding hydrogens is 316 g/mol. The summed E-state index contributed by atoms with van der Waals surface area (Å²) in [4.78, 5) is 24.6. The highest BCUT2D eigenvalue weighted by Gasteiger charge is 2.19. The van der Waals surface area contributed by atoms with Gasteiger partial charge in [-0.1, -0.05) is 48.0 Å². The van der Waals surface area contributed by atoms with Gasteiger partial charge in [-0.3, -0.25) is 0 Å². The highest BCUT2D eigenvalue weighted by Crippen LogP contribution is 2.17. The second-order valence-corrected chi connectivity index (χ2v) is 5.67. The van der Waals surface area contributed by atoms with Crippen molar-refractivity contribution in [2.24, 2.45) is 0 Å². The molecule has 2 aromatic carbocycles. The summed E-state index contributed by atoms with van der Waals surface area (Å²) in [7, 11) is 0. The Morgan fingerprint density at radius 3 is 2.20 bits per heavy atom. The number of carbonyl (C=O) groups is 2. The largest absolute Gasteiger partial charge is 0.463 e. The average Bonchev–Trinajstić information content (AvgIpc) is 2.61. The van der Waals surface area contributed by atoms with Crippen LogP contribution in [0.4, 0.5) is 0 Å². The van der Waals surface area contributed by atoms with Crippen molar-refractivity contribution >= 4 is 11.9 Å². The number of hydrogen-bond acceptors (Lipinski definition) is 4. The summed E-state index contributed by atoms with van der Waals surface area (Å²) in [5.74, 6) is -0.708. The lowest BCUT2D eigenvalue weighted by molar-refractivity contribution is -0.138. The fraction of sp³-hybridized carbons (Fsp3) is 0.238. The number of aryl methyl sites for hydroxylation is 1. The molecule has 0 saturated carbocycles. The standard InChI is InChI=1S/C21H22O4/c1-4-24-21(23)19(14-17-8-6-5-7-9-17)16(3)25-20(22)18-12-10-15(2)11-13-18/h5-13H,4,14H2,1-3H3. The Morgan fingerprint density at radius 2 is 1.60 bits per heavy atom. The number of benzene rings is 2. The minimum Gasteiger partial charge on any atom is -0.463 e. The first-order valence-corrected chi connectivity index (χ1v) is 8.21. The molecule has 2 aromatic rings. The van der Waals surface area contributed by atoms with E-state index in [-0.39, 0.29) is 12.4 Å². The fourth-order valence-electron chi connectivity index (χ4n) is 2.31. The highest BCUT2D eigenvalue weighted by molar-refractivity contribution is 5.93. The van der Waals surface area contributed by atoms with Crippen LogP contribution in [0.15, 0.2) is 65.9 Å². The monoisotopic (exact) mass is 338 g/mol. The van der Waals surface area contributed by atoms with Gasteiger partial charge in [0.25, 0.3) is 0 Å². The second-order valence-electron chi connectivity index (χ2n) is 5.67. The Kier molecular flexibility index (Phi) is 6.52. The molecular formula is C21H22O4. The molecule has 0 saturated heterocycles. The van der Waals surface area contributed by atoms with Gasteiger partial charge in [-0.25, -0.2) is 9.59 Å². The Hall–Kier alpha value is -2.88. The lowest BCUT2D eigenvalue weighted by Crippen LogP contribution is -2.15. The molecule has 25 heavy (non-hydrogen) atoms. The zero-order valence-corrected chi connectivity index (χ0v) is 14.7. The number of allylic oxidation sites excluding steroid dienone is 1. The summed E-state index contributed by atoms with van der Waals surface area (Å²) < 4.78 is 10.5. The maximum Gasteiger partial charge on any atom is 0.343 e. The van der Waals surface area contributed by atoms with Gasteiger partial charge in [0.2, 0.25) is 0 Å². The SMILES string of the molecule is CCOC(=O)C(Cc1ccccc1)=C(C)OC(=O)c1ccc(C)cc1. The zero-order valence-electron chi connectivity index (χ0n) is 14.7. The van der Waals surface area contributed by atoms with E-state index in [0.717, 1.165) is 11.1 Å². The summed E-state index contributed by atoms with van der Waals surface area (Å²) in [6, 6.07) is 16.6. The van der Waals surface area contributed by atoms with Crippen LogP contribution in [0.3, 0.4) is 0 Å². The molecule has 4 nitrogen and oxygen atoms in total. The lowest BCUT2D eigenvalue weighted by atomic mass is 10.0. The van der Waals surface area contributed by atoms with E-state index in [1.807, 2.05) is 49.4 Å². The van der Waals surface area contributed by atoms with E-state index >= 15 is 0 Å². The van der Waals surface area contributed by atoms with Gasteiger partial charge in [-0.05, 0) is 38.5 Å². The van der Waals surface area contributed by atoms with E-state index in [4.69, 9.17) is 9.47 Å². The van der Waals surface area contributed by atoms with Gasteiger partial charge >= 0.3 is 11.9 Å². The maximum absolute atomic E-state index is 12.3. The Morgan fingerprint density at radius 1 is 0.960 bits per heavy atom. The summed E-state index contributed by atoms with van der Waals surface area (Å²) in [6.07, 6.45) is 0.340. The number of esters is 2. The predicted molar refractivity (Wildman–Crippen MR) is 96.1 cm³/mol. The van der Waals surface area contributed by atoms with Crippen LogP contribution in [0, 0.1) is 6.92 Å². The van der Waals surface area contributed by atoms with E-state index in [1.165, 1.54) is 0 Å². The number of carbonyl (C=O) groups excluding carboxylic acids is 2. The molecule has 0 aliphatic rings. The third kappa shape index (κ3) is 5.31. The quantitative estimate of drug-likeness (QED) is 0.449. The van der Waals surface area contributed by atoms with Gasteiger partial charge in [0.05, 0.1) is 17.7 Å². The Labute approximate surface area is 148 Å². The predicted octanol–water partition coefficient (Wildman–Crippen LogP) is 4.23. The van der Waals surface area contributed by atoms with Crippen molar-refractivity contribution < 1.29 is 19.1 Å². The molecule has 0 aromatic heterocycles. The second kappa shape index (κ2) is 8.83. The first-order valence-electron chi connectivity index (χ1n) is 8.21. The van der Waals surface area contributed by atoms with Gasteiger partial charge in [-0.15, -0.1) is 0 Å². The van der Waals surface area contributed by atoms with Crippen LogP contribution in [0.5, 0.6) is 0 Å². The number of ether oxygens (including phenoxy) is 2. The molecule has 130 valence electrons. The molecule has 0 atom stereocenters. The van der Waals surface area contributed by atoms with Gasteiger partial charge in [0.1, 0.15) is 5.76 Å². The first kappa shape index (κ1) is 18.5. The maximum atomic E-state index is 12.3. The fourth-order valence-corrected chi connectivity index (χ4v) is 2.31. The van der Waals surface area contributed by atoms with Crippen molar-refractivity contribution in [3.63, 3.8) is 0 Å². The molecule has 0 radical (unpaired) electrons. The normalized spacial score (nSPS) is 11.5. The first-order chi connectivity index (χ1) is 12.0. The van der Waals surface area contributed by atoms with E-state index < -0.39 is 11.9 Å². The third-order valence-electron chi connectivity index (χ3n) is 3.70. The van der Waals surface area contributed by atoms with Gasteiger partial charge in [-0.2, -0.15) is 0 Å². The number of rotatable bonds is 6. The highest BCUT2D eigenvalue weighted by atomic mass is 16.5. The van der Waals surface area contributed by atoms with Crippen LogP contribution >= 0.6 is 0 Å². The molecule has 0 spiro atoms. The van der Waals surface area contributed by atoms with Crippen LogP contribution in [0.25, 0.3) is 0 Å². The number of hydrogen-bond donors (Lipinski definition) is 0. The van der Waals surface area contributed by atoms with Crippen LogP contribution in [-0.4, -0.2) is 18.5 Å². The van der Waals surface area contributed by atoms with E-state index in [1.54, 1.807) is 26.0 Å². The smallest absolute Gasteiger partial charge is 0.343 e. The molecule has 0 bridgehead atoms. The summed E-state index contributed by atoms with van der Waals surface area (Å²) >= 11 is 0. The molecule has 0 aliphatic heterocycles. The van der Waals surface area contributed by atoms with Gasteiger partial charge in [0.15, 0.2) is 0 Å². The van der Waals surface area contributed by atoms with Gasteiger partial charge < -0.3 is 9.47 Å². The van der Waals surface area contributed by atoms with Crippen molar-refractivity contribution in [3.8, 4) is 0 Å². The molecule has 0 heterocycles. The van der Waals surface area contributed by atoms with E-state index in [2.05, 4.69) is 0 Å². The Balaban J connectivity index is 2.24. The minimum absolute atomic E-state index is 0.257. The summed E-state index contributed by atoms with van der Waals surface area (Å²) in [5.41, 5.74) is 2.78. The Bertz CT molecular complexity index is 758. The summed E-state index contributed by atoms with van der Waals surface area (Å²) in [6.45, 7) is 5.56. The van der Waals surface area contributed by atoms with Crippen molar-refractivity contribution in [2.75, 3.05) is 6.61 Å². The molecule has 4 heteroatoms. The van der Waals surface area contributed by atoms with Gasteiger partial charge in [0, 0.05) is 6.42 Å². The molecule has 2 rings (SSSR count). The van der Waals surface area contributed by atoms with Crippen LogP contribution in [0.1, 0.15) is 35.3 Å². The van der Waals surface area contributed by atoms with Crippen LogP contribution in [0.2, 0.25) is 0 Å². The van der Waals surface area contributed by atoms with E-state index in [9.17, 15) is 9.59 Å². The minimum atomic E-state index is -0.493. The molecule has 0 amide bonds. The molecule has 0 fully saturated rings. The zero-order chi connectivity index (χ0) is 18.2. The summed E-state index contributed by atoms with van der Waals surface area (Å²) in [5, 5.41) is 0. The van der Waals surface area contributed by atoms with Crippen molar-refractivity contribution in [2.45, 2.75) is 27.2 Å².